The van der Waals surface area contributed by atoms with E-state index in [4.69, 9.17) is 10.6 Å². The number of rotatable bonds is 4. The number of nitrogens with two attached hydrogens (primary N) is 1. The highest BCUT2D eigenvalue weighted by atomic mass is 16.5. The third-order valence-corrected chi connectivity index (χ3v) is 1.99. The maximum Gasteiger partial charge on any atom is 0.328 e. The summed E-state index contributed by atoms with van der Waals surface area (Å²) in [5, 5.41) is 2.60. The first-order valence-corrected chi connectivity index (χ1v) is 4.63. The monoisotopic (exact) mass is 209 g/mol. The van der Waals surface area contributed by atoms with Crippen LogP contribution in [-0.4, -0.2) is 19.7 Å². The molecule has 82 valence electrons. The lowest BCUT2D eigenvalue weighted by atomic mass is 10.1. The molecule has 0 aliphatic heterocycles. The van der Waals surface area contributed by atoms with Crippen molar-refractivity contribution >= 4 is 6.03 Å². The Bertz CT molecular complexity index is 311. The summed E-state index contributed by atoms with van der Waals surface area (Å²) in [5.41, 5.74) is 3.13. The van der Waals surface area contributed by atoms with Crippen LogP contribution in [0.25, 0.3) is 0 Å². The van der Waals surface area contributed by atoms with Crippen molar-refractivity contribution in [3.8, 4) is 5.75 Å². The molecule has 1 aromatic carbocycles. The number of carbonyl (C=O) groups is 1. The van der Waals surface area contributed by atoms with Crippen LogP contribution in [0, 0.1) is 0 Å². The fraction of sp³-hybridized carbons (Fsp3) is 0.300. The molecule has 0 spiro atoms. The highest BCUT2D eigenvalue weighted by molar-refractivity contribution is 5.72. The number of hydrogen-bond donors (Lipinski definition) is 3. The number of benzene rings is 1. The summed E-state index contributed by atoms with van der Waals surface area (Å²) in [5.74, 6) is 5.74. The summed E-state index contributed by atoms with van der Waals surface area (Å²) in [7, 11) is 1.63. The van der Waals surface area contributed by atoms with Crippen molar-refractivity contribution in [2.75, 3.05) is 13.7 Å². The number of amides is 2. The average molecular weight is 209 g/mol. The molecule has 0 aliphatic carbocycles. The van der Waals surface area contributed by atoms with Crippen molar-refractivity contribution in [1.82, 2.24) is 10.7 Å². The number of methoxy groups -OCH3 is 1. The van der Waals surface area contributed by atoms with Crippen molar-refractivity contribution < 1.29 is 9.53 Å². The van der Waals surface area contributed by atoms with Gasteiger partial charge in [-0.05, 0) is 24.1 Å². The molecule has 0 bridgehead atoms. The van der Waals surface area contributed by atoms with Gasteiger partial charge in [0.2, 0.25) is 0 Å². The molecule has 0 aliphatic rings. The van der Waals surface area contributed by atoms with E-state index in [1.165, 1.54) is 0 Å². The van der Waals surface area contributed by atoms with E-state index in [1.807, 2.05) is 29.7 Å². The molecule has 5 nitrogen and oxygen atoms in total. The predicted octanol–water partition coefficient (Wildman–Crippen LogP) is 0.411. The third-order valence-electron chi connectivity index (χ3n) is 1.99. The fourth-order valence-electron chi connectivity index (χ4n) is 1.16. The van der Waals surface area contributed by atoms with Gasteiger partial charge >= 0.3 is 6.03 Å². The van der Waals surface area contributed by atoms with Crippen molar-refractivity contribution in [1.29, 1.82) is 0 Å². The minimum absolute atomic E-state index is 0.372. The second-order valence-corrected chi connectivity index (χ2v) is 3.00. The van der Waals surface area contributed by atoms with Gasteiger partial charge in [0.15, 0.2) is 0 Å². The summed E-state index contributed by atoms with van der Waals surface area (Å²) in [6.07, 6.45) is 0.761. The molecule has 4 N–H and O–H groups in total. The van der Waals surface area contributed by atoms with E-state index in [0.717, 1.165) is 17.7 Å². The largest absolute Gasteiger partial charge is 0.497 e. The molecule has 1 rings (SSSR count). The molecule has 0 atom stereocenters. The van der Waals surface area contributed by atoms with Gasteiger partial charge in [0.1, 0.15) is 5.75 Å². The van der Waals surface area contributed by atoms with Gasteiger partial charge in [-0.15, -0.1) is 0 Å². The molecule has 15 heavy (non-hydrogen) atoms. The van der Waals surface area contributed by atoms with E-state index in [1.54, 1.807) is 7.11 Å². The van der Waals surface area contributed by atoms with Crippen LogP contribution in [0.15, 0.2) is 24.3 Å². The maximum atomic E-state index is 10.7. The van der Waals surface area contributed by atoms with Crippen LogP contribution in [0.4, 0.5) is 4.79 Å². The van der Waals surface area contributed by atoms with Crippen LogP contribution in [0.1, 0.15) is 5.56 Å². The van der Waals surface area contributed by atoms with Crippen LogP contribution in [-0.2, 0) is 6.42 Å². The predicted molar refractivity (Wildman–Crippen MR) is 57.4 cm³/mol. The number of ether oxygens (including phenoxy) is 1. The lowest BCUT2D eigenvalue weighted by molar-refractivity contribution is 0.241. The topological polar surface area (TPSA) is 76.4 Å². The standard InChI is InChI=1S/C10H15N3O2/c1-15-9-4-2-8(3-5-9)6-7-12-10(14)13-11/h2-5H,6-7,11H2,1H3,(H2,12,13,14). The second kappa shape index (κ2) is 5.87. The Morgan fingerprint density at radius 3 is 2.60 bits per heavy atom. The Kier molecular flexibility index (Phi) is 4.43. The van der Waals surface area contributed by atoms with Gasteiger partial charge in [-0.3, -0.25) is 5.43 Å². The average Bonchev–Trinajstić information content (AvgIpc) is 2.29. The lowest BCUT2D eigenvalue weighted by Gasteiger charge is -2.05. The molecule has 0 saturated heterocycles. The second-order valence-electron chi connectivity index (χ2n) is 3.00. The first-order valence-electron chi connectivity index (χ1n) is 4.63. The Labute approximate surface area is 88.6 Å². The molecule has 0 saturated carbocycles. The van der Waals surface area contributed by atoms with E-state index >= 15 is 0 Å². The van der Waals surface area contributed by atoms with E-state index < -0.39 is 0 Å². The zero-order valence-corrected chi connectivity index (χ0v) is 8.62. The van der Waals surface area contributed by atoms with Gasteiger partial charge in [-0.25, -0.2) is 10.6 Å². The highest BCUT2D eigenvalue weighted by Crippen LogP contribution is 2.11. The molecule has 0 aromatic heterocycles. The van der Waals surface area contributed by atoms with Gasteiger partial charge in [0, 0.05) is 6.54 Å². The zero-order chi connectivity index (χ0) is 11.1. The van der Waals surface area contributed by atoms with Crippen LogP contribution in [0.3, 0.4) is 0 Å². The van der Waals surface area contributed by atoms with Crippen molar-refractivity contribution in [2.24, 2.45) is 5.84 Å². The lowest BCUT2D eigenvalue weighted by Crippen LogP contribution is -2.40. The quantitative estimate of drug-likeness (QED) is 0.382. The van der Waals surface area contributed by atoms with Crippen LogP contribution >= 0.6 is 0 Å². The van der Waals surface area contributed by atoms with E-state index in [9.17, 15) is 4.79 Å². The van der Waals surface area contributed by atoms with Crippen LogP contribution in [0.5, 0.6) is 5.75 Å². The Morgan fingerprint density at radius 2 is 2.07 bits per heavy atom. The summed E-state index contributed by atoms with van der Waals surface area (Å²) >= 11 is 0. The van der Waals surface area contributed by atoms with Crippen molar-refractivity contribution in [3.63, 3.8) is 0 Å². The van der Waals surface area contributed by atoms with Crippen LogP contribution in [0.2, 0.25) is 0 Å². The SMILES string of the molecule is COc1ccc(CCNC(=O)NN)cc1. The van der Waals surface area contributed by atoms with E-state index in [-0.39, 0.29) is 6.03 Å². The molecular formula is C10H15N3O2. The minimum atomic E-state index is -0.372. The number of nitrogens with one attached hydrogen (secondary N) is 2. The Balaban J connectivity index is 2.34. The highest BCUT2D eigenvalue weighted by Gasteiger charge is 1.97. The van der Waals surface area contributed by atoms with Gasteiger partial charge in [0.25, 0.3) is 0 Å². The zero-order valence-electron chi connectivity index (χ0n) is 8.62. The summed E-state index contributed by atoms with van der Waals surface area (Å²) in [4.78, 5) is 10.7. The fourth-order valence-corrected chi connectivity index (χ4v) is 1.16. The molecule has 0 heterocycles. The molecule has 2 amide bonds. The molecule has 0 fully saturated rings. The normalized spacial score (nSPS) is 9.47. The Morgan fingerprint density at radius 1 is 1.40 bits per heavy atom. The van der Waals surface area contributed by atoms with Gasteiger partial charge in [0.05, 0.1) is 7.11 Å². The van der Waals surface area contributed by atoms with E-state index in [0.29, 0.717) is 6.54 Å². The molecule has 0 radical (unpaired) electrons. The number of carbonyl (C=O) groups excluding carboxylic acids is 1. The van der Waals surface area contributed by atoms with Gasteiger partial charge in [-0.2, -0.15) is 0 Å². The molecular weight excluding hydrogens is 194 g/mol. The minimum Gasteiger partial charge on any atom is -0.497 e. The maximum absolute atomic E-state index is 10.7. The molecule has 0 unspecified atom stereocenters. The summed E-state index contributed by atoms with van der Waals surface area (Å²) < 4.78 is 5.03. The number of hydrazine groups is 1. The van der Waals surface area contributed by atoms with Crippen molar-refractivity contribution in [2.45, 2.75) is 6.42 Å². The summed E-state index contributed by atoms with van der Waals surface area (Å²) in [6, 6.07) is 7.32. The molecule has 1 aromatic rings. The first-order chi connectivity index (χ1) is 7.26. The van der Waals surface area contributed by atoms with Crippen molar-refractivity contribution in [3.05, 3.63) is 29.8 Å². The Hall–Kier alpha value is -1.75. The first kappa shape index (κ1) is 11.3. The van der Waals surface area contributed by atoms with Gasteiger partial charge < -0.3 is 10.1 Å². The van der Waals surface area contributed by atoms with Crippen LogP contribution < -0.4 is 21.3 Å². The third kappa shape index (κ3) is 3.86. The molecule has 5 heteroatoms. The number of hydrogen-bond acceptors (Lipinski definition) is 3. The number of urea groups is 1. The summed E-state index contributed by atoms with van der Waals surface area (Å²) in [6.45, 7) is 0.551. The van der Waals surface area contributed by atoms with E-state index in [2.05, 4.69) is 5.32 Å². The smallest absolute Gasteiger partial charge is 0.328 e. The van der Waals surface area contributed by atoms with Gasteiger partial charge in [-0.1, -0.05) is 12.1 Å².